The molecule has 2 aliphatic rings. The van der Waals surface area contributed by atoms with Gasteiger partial charge < -0.3 is 10.2 Å². The number of hydrogen-bond donors (Lipinski definition) is 2. The largest absolute Gasteiger partial charge is 0.390 e. The van der Waals surface area contributed by atoms with Gasteiger partial charge in [-0.1, -0.05) is 32.1 Å². The van der Waals surface area contributed by atoms with Crippen LogP contribution in [0.5, 0.6) is 0 Å². The van der Waals surface area contributed by atoms with Crippen molar-refractivity contribution in [1.29, 1.82) is 0 Å². The van der Waals surface area contributed by atoms with Crippen LogP contribution in [0.4, 0.5) is 0 Å². The minimum absolute atomic E-state index is 0.409. The summed E-state index contributed by atoms with van der Waals surface area (Å²) < 4.78 is 0. The van der Waals surface area contributed by atoms with Gasteiger partial charge in [0.2, 0.25) is 0 Å². The van der Waals surface area contributed by atoms with E-state index < -0.39 is 12.2 Å². The summed E-state index contributed by atoms with van der Waals surface area (Å²) >= 11 is 0. The molecule has 2 heteroatoms. The molecule has 0 aromatic rings. The van der Waals surface area contributed by atoms with Gasteiger partial charge in [0.05, 0.1) is 12.2 Å². The normalized spacial score (nSPS) is 27.6. The first-order chi connectivity index (χ1) is 7.27. The Kier molecular flexibility index (Phi) is 4.04. The molecule has 2 nitrogen and oxygen atoms in total. The average molecular weight is 212 g/mol. The topological polar surface area (TPSA) is 40.5 Å². The Labute approximate surface area is 92.7 Å². The van der Waals surface area contributed by atoms with Gasteiger partial charge in [0.15, 0.2) is 0 Å². The van der Waals surface area contributed by atoms with Crippen molar-refractivity contribution in [3.05, 3.63) is 0 Å². The Morgan fingerprint density at radius 1 is 0.933 bits per heavy atom. The third-order valence-corrected chi connectivity index (χ3v) is 4.09. The second-order valence-corrected chi connectivity index (χ2v) is 5.48. The molecule has 2 atom stereocenters. The van der Waals surface area contributed by atoms with E-state index in [1.165, 1.54) is 32.1 Å². The van der Waals surface area contributed by atoms with Gasteiger partial charge in [0, 0.05) is 0 Å². The van der Waals surface area contributed by atoms with Gasteiger partial charge >= 0.3 is 0 Å². The molecule has 0 aromatic heterocycles. The van der Waals surface area contributed by atoms with Crippen LogP contribution in [0.3, 0.4) is 0 Å². The molecule has 88 valence electrons. The molecule has 2 unspecified atom stereocenters. The van der Waals surface area contributed by atoms with Crippen molar-refractivity contribution in [3.8, 4) is 0 Å². The van der Waals surface area contributed by atoms with Crippen LogP contribution in [-0.4, -0.2) is 22.4 Å². The molecule has 0 aliphatic heterocycles. The summed E-state index contributed by atoms with van der Waals surface area (Å²) in [5.41, 5.74) is 0. The van der Waals surface area contributed by atoms with E-state index in [1.54, 1.807) is 0 Å². The molecule has 0 spiro atoms. The van der Waals surface area contributed by atoms with Crippen molar-refractivity contribution in [2.75, 3.05) is 0 Å². The fourth-order valence-electron chi connectivity index (χ4n) is 2.80. The third-order valence-electron chi connectivity index (χ3n) is 4.09. The number of aliphatic hydroxyl groups excluding tert-OH is 2. The monoisotopic (exact) mass is 212 g/mol. The SMILES string of the molecule is OC(CCC1CCCCC1)C(O)C1CC1. The fourth-order valence-corrected chi connectivity index (χ4v) is 2.80. The molecule has 2 fully saturated rings. The first-order valence-electron chi connectivity index (χ1n) is 6.63. The molecule has 0 amide bonds. The van der Waals surface area contributed by atoms with Gasteiger partial charge in [0.25, 0.3) is 0 Å². The molecule has 0 saturated heterocycles. The van der Waals surface area contributed by atoms with Crippen molar-refractivity contribution in [2.45, 2.75) is 70.0 Å². The first kappa shape index (κ1) is 11.4. The number of hydrogen-bond acceptors (Lipinski definition) is 2. The van der Waals surface area contributed by atoms with E-state index in [0.29, 0.717) is 5.92 Å². The predicted molar refractivity (Wildman–Crippen MR) is 60.5 cm³/mol. The smallest absolute Gasteiger partial charge is 0.0827 e. The highest BCUT2D eigenvalue weighted by Crippen LogP contribution is 2.35. The minimum Gasteiger partial charge on any atom is -0.390 e. The third kappa shape index (κ3) is 3.46. The second-order valence-electron chi connectivity index (χ2n) is 5.48. The zero-order valence-electron chi connectivity index (χ0n) is 9.57. The molecule has 2 rings (SSSR count). The average Bonchev–Trinajstić information content (AvgIpc) is 3.10. The molecular weight excluding hydrogens is 188 g/mol. The zero-order chi connectivity index (χ0) is 10.7. The Bertz CT molecular complexity index is 183. The van der Waals surface area contributed by atoms with Gasteiger partial charge in [-0.05, 0) is 37.5 Å². The molecule has 2 N–H and O–H groups in total. The maximum Gasteiger partial charge on any atom is 0.0827 e. The summed E-state index contributed by atoms with van der Waals surface area (Å²) in [5, 5.41) is 19.5. The van der Waals surface area contributed by atoms with Crippen molar-refractivity contribution in [3.63, 3.8) is 0 Å². The van der Waals surface area contributed by atoms with Crippen LogP contribution in [0.25, 0.3) is 0 Å². The van der Waals surface area contributed by atoms with E-state index in [-0.39, 0.29) is 0 Å². The Hall–Kier alpha value is -0.0800. The highest BCUT2D eigenvalue weighted by atomic mass is 16.3. The Morgan fingerprint density at radius 2 is 1.60 bits per heavy atom. The van der Waals surface area contributed by atoms with Gasteiger partial charge in [-0.3, -0.25) is 0 Å². The van der Waals surface area contributed by atoms with Crippen LogP contribution < -0.4 is 0 Å². The summed E-state index contributed by atoms with van der Waals surface area (Å²) in [5.74, 6) is 1.23. The lowest BCUT2D eigenvalue weighted by molar-refractivity contribution is -0.00241. The van der Waals surface area contributed by atoms with E-state index in [9.17, 15) is 10.2 Å². The number of aliphatic hydroxyl groups is 2. The van der Waals surface area contributed by atoms with Crippen molar-refractivity contribution in [2.24, 2.45) is 11.8 Å². The van der Waals surface area contributed by atoms with Gasteiger partial charge in [-0.15, -0.1) is 0 Å². The molecule has 2 saturated carbocycles. The number of rotatable bonds is 5. The van der Waals surface area contributed by atoms with Crippen LogP contribution in [0.2, 0.25) is 0 Å². The van der Waals surface area contributed by atoms with E-state index >= 15 is 0 Å². The maximum atomic E-state index is 9.81. The Balaban J connectivity index is 1.62. The molecule has 0 bridgehead atoms. The van der Waals surface area contributed by atoms with Gasteiger partial charge in [0.1, 0.15) is 0 Å². The highest BCUT2D eigenvalue weighted by molar-refractivity contribution is 4.85. The quantitative estimate of drug-likeness (QED) is 0.735. The molecule has 0 radical (unpaired) electrons. The first-order valence-corrected chi connectivity index (χ1v) is 6.63. The van der Waals surface area contributed by atoms with E-state index in [0.717, 1.165) is 31.6 Å². The van der Waals surface area contributed by atoms with Crippen molar-refractivity contribution in [1.82, 2.24) is 0 Å². The summed E-state index contributed by atoms with van der Waals surface area (Å²) in [6.45, 7) is 0. The van der Waals surface area contributed by atoms with E-state index in [1.807, 2.05) is 0 Å². The predicted octanol–water partition coefficient (Wildman–Crippen LogP) is 2.48. The summed E-state index contributed by atoms with van der Waals surface area (Å²) in [6.07, 6.45) is 10.1. The van der Waals surface area contributed by atoms with Crippen LogP contribution in [-0.2, 0) is 0 Å². The summed E-state index contributed by atoms with van der Waals surface area (Å²) in [4.78, 5) is 0. The molecule has 15 heavy (non-hydrogen) atoms. The standard InChI is InChI=1S/C13H24O2/c14-12(13(15)11-7-8-11)9-6-10-4-2-1-3-5-10/h10-15H,1-9H2. The lowest BCUT2D eigenvalue weighted by atomic mass is 9.85. The molecule has 0 aromatic carbocycles. The maximum absolute atomic E-state index is 9.81. The summed E-state index contributed by atoms with van der Waals surface area (Å²) in [7, 11) is 0. The van der Waals surface area contributed by atoms with E-state index in [4.69, 9.17) is 0 Å². The molecular formula is C13H24O2. The minimum atomic E-state index is -0.459. The van der Waals surface area contributed by atoms with E-state index in [2.05, 4.69) is 0 Å². The second kappa shape index (κ2) is 5.31. The van der Waals surface area contributed by atoms with Gasteiger partial charge in [-0.25, -0.2) is 0 Å². The van der Waals surface area contributed by atoms with Crippen LogP contribution in [0.1, 0.15) is 57.8 Å². The van der Waals surface area contributed by atoms with Crippen LogP contribution in [0.15, 0.2) is 0 Å². The van der Waals surface area contributed by atoms with Crippen LogP contribution in [0, 0.1) is 11.8 Å². The van der Waals surface area contributed by atoms with Crippen molar-refractivity contribution >= 4 is 0 Å². The Morgan fingerprint density at radius 3 is 2.20 bits per heavy atom. The van der Waals surface area contributed by atoms with Crippen molar-refractivity contribution < 1.29 is 10.2 Å². The zero-order valence-corrected chi connectivity index (χ0v) is 9.57. The lowest BCUT2D eigenvalue weighted by Crippen LogP contribution is -2.28. The van der Waals surface area contributed by atoms with Gasteiger partial charge in [-0.2, -0.15) is 0 Å². The molecule has 2 aliphatic carbocycles. The lowest BCUT2D eigenvalue weighted by Gasteiger charge is -2.24. The highest BCUT2D eigenvalue weighted by Gasteiger charge is 2.34. The fraction of sp³-hybridized carbons (Fsp3) is 1.00. The summed E-state index contributed by atoms with van der Waals surface area (Å²) in [6, 6.07) is 0. The molecule has 0 heterocycles. The van der Waals surface area contributed by atoms with Crippen LogP contribution >= 0.6 is 0 Å².